The Labute approximate surface area is 343 Å². The Morgan fingerprint density at radius 3 is 1.95 bits per heavy atom. The number of nitrogens with two attached hydrogens (primary N) is 2. The monoisotopic (exact) mass is 855 g/mol. The molecule has 0 unspecified atom stereocenters. The van der Waals surface area contributed by atoms with Crippen molar-refractivity contribution >= 4 is 66.8 Å². The number of carboxylic acids is 1. The van der Waals surface area contributed by atoms with Gasteiger partial charge in [-0.25, -0.2) is 4.79 Å². The van der Waals surface area contributed by atoms with Crippen molar-refractivity contribution in [1.82, 2.24) is 10.6 Å². The molecule has 18 heteroatoms. The molecule has 0 bridgehead atoms. The first-order chi connectivity index (χ1) is 28.4. The number of hydrogen-bond donors (Lipinski definition) is 8. The van der Waals surface area contributed by atoms with Crippen molar-refractivity contribution in [3.05, 3.63) is 124 Å². The highest BCUT2D eigenvalue weighted by Gasteiger charge is 2.33. The zero-order valence-electron chi connectivity index (χ0n) is 31.6. The maximum Gasteiger partial charge on any atom is 0.336 e. The third kappa shape index (κ3) is 9.70. The lowest BCUT2D eigenvalue weighted by molar-refractivity contribution is -0.176. The summed E-state index contributed by atoms with van der Waals surface area (Å²) in [5.74, 6) is -2.70. The molecule has 1 aliphatic carbocycles. The number of phenolic OH excluding ortho intramolecular Hbond substituents is 1. The summed E-state index contributed by atoms with van der Waals surface area (Å²) in [6.07, 6.45) is 5.92. The van der Waals surface area contributed by atoms with E-state index in [9.17, 15) is 50.5 Å². The molecule has 2 amide bonds. The molecule has 0 atom stereocenters. The number of benzene rings is 5. The highest BCUT2D eigenvalue weighted by molar-refractivity contribution is 7.86. The fourth-order valence-corrected chi connectivity index (χ4v) is 8.14. The van der Waals surface area contributed by atoms with Gasteiger partial charge in [-0.1, -0.05) is 54.6 Å². The number of aromatic carboxylic acids is 1. The second-order valence-corrected chi connectivity index (χ2v) is 16.4. The van der Waals surface area contributed by atoms with E-state index in [0.717, 1.165) is 34.9 Å². The van der Waals surface area contributed by atoms with Gasteiger partial charge in [0.15, 0.2) is 16.2 Å². The Balaban J connectivity index is 1.10. The number of carboxylic acid groups (broad SMARTS) is 1. The Bertz CT molecular complexity index is 2930. The van der Waals surface area contributed by atoms with Gasteiger partial charge in [-0.2, -0.15) is 16.8 Å². The van der Waals surface area contributed by atoms with Gasteiger partial charge < -0.3 is 31.0 Å². The average molecular weight is 856 g/mol. The lowest BCUT2D eigenvalue weighted by Crippen LogP contribution is -2.47. The molecule has 16 nitrogen and oxygen atoms in total. The minimum absolute atomic E-state index is 0.0372. The molecule has 0 saturated carbocycles. The van der Waals surface area contributed by atoms with E-state index in [2.05, 4.69) is 10.6 Å². The van der Waals surface area contributed by atoms with Crippen LogP contribution in [0.1, 0.15) is 56.7 Å². The van der Waals surface area contributed by atoms with Crippen molar-refractivity contribution in [3.63, 3.8) is 0 Å². The minimum atomic E-state index is -5.13. The third-order valence-electron chi connectivity index (χ3n) is 9.49. The second-order valence-electron chi connectivity index (χ2n) is 13.7. The molecule has 310 valence electrons. The van der Waals surface area contributed by atoms with E-state index in [4.69, 9.17) is 15.6 Å². The van der Waals surface area contributed by atoms with Crippen molar-refractivity contribution in [3.8, 4) is 28.2 Å². The van der Waals surface area contributed by atoms with Gasteiger partial charge in [0.2, 0.25) is 16.2 Å². The summed E-state index contributed by atoms with van der Waals surface area (Å²) in [4.78, 5) is 36.5. The van der Waals surface area contributed by atoms with E-state index in [0.29, 0.717) is 25.8 Å². The molecule has 60 heavy (non-hydrogen) atoms. The number of fused-ring (bicyclic) bond motifs is 2. The second kappa shape index (κ2) is 17.6. The van der Waals surface area contributed by atoms with Gasteiger partial charge in [-0.3, -0.25) is 24.1 Å². The summed E-state index contributed by atoms with van der Waals surface area (Å²) < 4.78 is 75.7. The Morgan fingerprint density at radius 1 is 0.733 bits per heavy atom. The molecule has 0 saturated heterocycles. The lowest BCUT2D eigenvalue weighted by atomic mass is 9.89. The van der Waals surface area contributed by atoms with Crippen LogP contribution in [-0.4, -0.2) is 67.0 Å². The number of nitrogens with one attached hydrogen (secondary N) is 2. The smallest absolute Gasteiger partial charge is 0.336 e. The van der Waals surface area contributed by atoms with Crippen molar-refractivity contribution < 1.29 is 60.4 Å². The molecular formula is C42H39N4O12S2+. The molecule has 4 aromatic rings. The number of amides is 2. The van der Waals surface area contributed by atoms with Crippen LogP contribution in [0.25, 0.3) is 45.6 Å². The fraction of sp³-hybridized carbons (Fsp3) is 0.143. The fourth-order valence-electron chi connectivity index (χ4n) is 6.63. The summed E-state index contributed by atoms with van der Waals surface area (Å²) in [7, 11) is -10.3. The van der Waals surface area contributed by atoms with Crippen molar-refractivity contribution in [2.45, 2.75) is 35.5 Å². The molecule has 10 N–H and O–H groups in total. The van der Waals surface area contributed by atoms with Gasteiger partial charge in [-0.05, 0) is 84.0 Å². The highest BCUT2D eigenvalue weighted by atomic mass is 32.2. The predicted molar refractivity (Wildman–Crippen MR) is 221 cm³/mol. The number of hydrogen-bond acceptors (Lipinski definition) is 10. The predicted octanol–water partition coefficient (Wildman–Crippen LogP) is 3.77. The maximum absolute atomic E-state index is 13.2. The Kier molecular flexibility index (Phi) is 12.5. The molecule has 2 aliphatic rings. The first-order valence-corrected chi connectivity index (χ1v) is 21.1. The molecule has 0 radical (unpaired) electrons. The Hall–Kier alpha value is -6.86. The van der Waals surface area contributed by atoms with Gasteiger partial charge in [-0.15, -0.1) is 0 Å². The zero-order valence-corrected chi connectivity index (χ0v) is 33.2. The number of rotatable bonds is 15. The van der Waals surface area contributed by atoms with Gasteiger partial charge in [0, 0.05) is 41.2 Å². The summed E-state index contributed by atoms with van der Waals surface area (Å²) in [6, 6.07) is 22.9. The van der Waals surface area contributed by atoms with E-state index in [1.807, 2.05) is 36.4 Å². The number of nitrogen functional groups attached to an aromatic ring is 1. The number of carbonyl (C=O) groups is 3. The van der Waals surface area contributed by atoms with Crippen LogP contribution in [0.5, 0.6) is 5.75 Å². The number of aromatic hydroxyl groups is 1. The van der Waals surface area contributed by atoms with Crippen molar-refractivity contribution in [2.24, 2.45) is 0 Å². The van der Waals surface area contributed by atoms with Crippen LogP contribution < -0.4 is 27.1 Å². The third-order valence-corrected chi connectivity index (χ3v) is 11.4. The minimum Gasteiger partial charge on any atom is -0.508 e. The normalized spacial score (nSPS) is 11.9. The van der Waals surface area contributed by atoms with Crippen LogP contribution in [0.4, 0.5) is 5.69 Å². The van der Waals surface area contributed by atoms with Crippen molar-refractivity contribution in [2.75, 3.05) is 18.8 Å². The molecule has 1 heterocycles. The summed E-state index contributed by atoms with van der Waals surface area (Å²) in [5, 5.41) is 30.6. The van der Waals surface area contributed by atoms with Gasteiger partial charge >= 0.3 is 16.1 Å². The molecule has 1 aliphatic heterocycles. The molecule has 0 spiro atoms. The van der Waals surface area contributed by atoms with Crippen LogP contribution in [-0.2, 0) is 31.5 Å². The number of phenols is 1. The van der Waals surface area contributed by atoms with E-state index < -0.39 is 69.9 Å². The first kappa shape index (κ1) is 42.7. The van der Waals surface area contributed by atoms with E-state index in [1.165, 1.54) is 24.3 Å². The molecular weight excluding hydrogens is 817 g/mol. The standard InChI is InChI=1S/C42H38N4O12S2/c43-33-18-16-30-36(31-17-19-34(44)40(60(55,56)57)38(31)58-37(30)39(33)59(52,53)54)29-15-12-27(23-32(29)42(50)51)41(49)46-21-3-1-2-20-45-35(48)22-26-8-6-24(7-9-26)4-5-25-10-13-28(47)14-11-25/h4-19,23,43,47H,1-3,20-22,44H2,(H,45,48)(H,46,49)(H,50,51)(H,52,53,54)(H,55,56,57)/p+1/b5-4+,43-33?. The van der Waals surface area contributed by atoms with E-state index >= 15 is 0 Å². The van der Waals surface area contributed by atoms with Crippen LogP contribution in [0.3, 0.4) is 0 Å². The van der Waals surface area contributed by atoms with Crippen LogP contribution >= 0.6 is 0 Å². The van der Waals surface area contributed by atoms with Gasteiger partial charge in [0.1, 0.15) is 5.75 Å². The summed E-state index contributed by atoms with van der Waals surface area (Å²) in [6.45, 7) is 0.663. The molecule has 0 fully saturated rings. The average Bonchev–Trinajstić information content (AvgIpc) is 3.18. The maximum atomic E-state index is 13.2. The summed E-state index contributed by atoms with van der Waals surface area (Å²) in [5.41, 5.74) is 6.69. The van der Waals surface area contributed by atoms with Gasteiger partial charge in [0.05, 0.1) is 17.7 Å². The van der Waals surface area contributed by atoms with Crippen LogP contribution in [0.15, 0.2) is 105 Å². The van der Waals surface area contributed by atoms with E-state index in [1.54, 1.807) is 24.3 Å². The quantitative estimate of drug-likeness (QED) is 0.0240. The number of carbonyl (C=O) groups excluding carboxylic acids is 2. The van der Waals surface area contributed by atoms with Crippen LogP contribution in [0.2, 0.25) is 0 Å². The van der Waals surface area contributed by atoms with E-state index in [-0.39, 0.29) is 52.3 Å². The first-order valence-electron chi connectivity index (χ1n) is 18.3. The number of anilines is 1. The van der Waals surface area contributed by atoms with Crippen molar-refractivity contribution in [1.29, 1.82) is 0 Å². The SMILES string of the molecule is Nc1ccc2c(-c3ccc(C(=O)NCCCCCNC(=O)Cc4ccc(/C=C/c5ccc(O)cc5)cc4)cc3C(=O)O)c3ccc(=[NH2+])c(S(=O)(=O)O)c-3oc2c1S(=O)(=O)O. The molecule has 4 aromatic carbocycles. The number of unbranched alkanes of at least 4 members (excludes halogenated alkanes) is 2. The Morgan fingerprint density at radius 2 is 1.33 bits per heavy atom. The topological polar surface area (TPSA) is 289 Å². The lowest BCUT2D eigenvalue weighted by Gasteiger charge is -2.19. The zero-order chi connectivity index (χ0) is 43.4. The molecule has 6 rings (SSSR count). The van der Waals surface area contributed by atoms with Crippen LogP contribution in [0, 0.1) is 0 Å². The largest absolute Gasteiger partial charge is 0.508 e. The molecule has 0 aromatic heterocycles. The highest BCUT2D eigenvalue weighted by Crippen LogP contribution is 2.45. The summed E-state index contributed by atoms with van der Waals surface area (Å²) >= 11 is 0. The van der Waals surface area contributed by atoms with Gasteiger partial charge in [0.25, 0.3) is 16.0 Å².